The fraction of sp³-hybridized carbons (Fsp3) is 0.222. The molecule has 0 aliphatic carbocycles. The lowest BCUT2D eigenvalue weighted by Gasteiger charge is -2.32. The molecule has 30 heavy (non-hydrogen) atoms. The highest BCUT2D eigenvalue weighted by Crippen LogP contribution is 2.36. The predicted molar refractivity (Wildman–Crippen MR) is 90.6 cm³/mol. The minimum atomic E-state index is -3.01. The Kier molecular flexibility index (Phi) is 4.08. The molecule has 0 bridgehead atoms. The highest BCUT2D eigenvalue weighted by atomic mass is 19.3. The molecule has 12 heteroatoms. The number of fused-ring (bicyclic) bond motifs is 2. The topological polar surface area (TPSA) is 101 Å². The van der Waals surface area contributed by atoms with Crippen LogP contribution in [0.1, 0.15) is 46.0 Å². The third kappa shape index (κ3) is 2.75. The van der Waals surface area contributed by atoms with Crippen molar-refractivity contribution in [3.63, 3.8) is 0 Å². The van der Waals surface area contributed by atoms with E-state index in [9.17, 15) is 22.4 Å². The molecule has 0 saturated heterocycles. The average Bonchev–Trinajstić information content (AvgIpc) is 3.45. The van der Waals surface area contributed by atoms with Crippen LogP contribution in [0.25, 0.3) is 11.1 Å². The molecule has 0 radical (unpaired) electrons. The second kappa shape index (κ2) is 6.68. The first-order valence-electron chi connectivity index (χ1n) is 8.74. The number of aromatic amines is 1. The smallest absolute Gasteiger partial charge is 0.292 e. The molecule has 3 aromatic heterocycles. The van der Waals surface area contributed by atoms with E-state index in [2.05, 4.69) is 19.9 Å². The third-order valence-electron chi connectivity index (χ3n) is 4.86. The van der Waals surface area contributed by atoms with E-state index in [4.69, 9.17) is 8.83 Å². The first kappa shape index (κ1) is 18.3. The summed E-state index contributed by atoms with van der Waals surface area (Å²) in [5, 5.41) is 0. The summed E-state index contributed by atoms with van der Waals surface area (Å²) in [6, 6.07) is 0.679. The highest BCUT2D eigenvalue weighted by molar-refractivity contribution is 5.93. The second-order valence-electron chi connectivity index (χ2n) is 6.57. The normalized spacial score (nSPS) is 16.4. The Morgan fingerprint density at radius 2 is 2.03 bits per heavy atom. The van der Waals surface area contributed by atoms with Gasteiger partial charge in [0.05, 0.1) is 12.0 Å². The van der Waals surface area contributed by atoms with Gasteiger partial charge in [-0.15, -0.1) is 0 Å². The zero-order valence-electron chi connectivity index (χ0n) is 14.9. The van der Waals surface area contributed by atoms with Gasteiger partial charge in [-0.05, 0) is 0 Å². The van der Waals surface area contributed by atoms with Crippen molar-refractivity contribution in [2.75, 3.05) is 6.54 Å². The number of nitrogens with one attached hydrogen (secondary N) is 1. The Bertz CT molecular complexity index is 1220. The van der Waals surface area contributed by atoms with Crippen LogP contribution in [0.3, 0.4) is 0 Å². The molecule has 4 aromatic rings. The van der Waals surface area contributed by atoms with E-state index in [1.807, 2.05) is 0 Å². The van der Waals surface area contributed by atoms with Crippen molar-refractivity contribution in [2.24, 2.45) is 0 Å². The monoisotopic (exact) mass is 421 g/mol. The van der Waals surface area contributed by atoms with Crippen molar-refractivity contribution < 1.29 is 31.2 Å². The molecule has 1 amide bonds. The summed E-state index contributed by atoms with van der Waals surface area (Å²) >= 11 is 0. The van der Waals surface area contributed by atoms with Gasteiger partial charge >= 0.3 is 0 Å². The summed E-state index contributed by atoms with van der Waals surface area (Å²) in [6.07, 6.45) is -0.480. The summed E-state index contributed by atoms with van der Waals surface area (Å²) in [6.45, 7) is 0.101. The number of H-pyrrole nitrogens is 1. The quantitative estimate of drug-likeness (QED) is 0.508. The minimum absolute atomic E-state index is 0.0342. The molecule has 154 valence electrons. The van der Waals surface area contributed by atoms with Crippen LogP contribution in [-0.4, -0.2) is 37.3 Å². The fourth-order valence-corrected chi connectivity index (χ4v) is 3.50. The number of nitrogens with zero attached hydrogens (tertiary/aromatic N) is 4. The second-order valence-corrected chi connectivity index (χ2v) is 6.57. The molecule has 0 fully saturated rings. The van der Waals surface area contributed by atoms with Crippen LogP contribution in [-0.2, 0) is 6.42 Å². The van der Waals surface area contributed by atoms with Gasteiger partial charge in [-0.1, -0.05) is 0 Å². The lowest BCUT2D eigenvalue weighted by molar-refractivity contribution is 0.0620. The number of carbonyl (C=O) groups excluding carboxylic acids is 1. The third-order valence-corrected chi connectivity index (χ3v) is 4.86. The Hall–Kier alpha value is -3.70. The molecule has 5 rings (SSSR count). The number of aromatic nitrogens is 4. The molecule has 8 nitrogen and oxygen atoms in total. The summed E-state index contributed by atoms with van der Waals surface area (Å²) in [7, 11) is 0. The van der Waals surface area contributed by atoms with Gasteiger partial charge in [0.2, 0.25) is 11.7 Å². The van der Waals surface area contributed by atoms with E-state index >= 15 is 0 Å². The first-order valence-corrected chi connectivity index (χ1v) is 8.74. The number of alkyl halides is 2. The van der Waals surface area contributed by atoms with E-state index in [0.29, 0.717) is 17.8 Å². The number of benzene rings is 1. The van der Waals surface area contributed by atoms with Gasteiger partial charge < -0.3 is 18.7 Å². The predicted octanol–water partition coefficient (Wildman–Crippen LogP) is 3.54. The lowest BCUT2D eigenvalue weighted by atomic mass is 10.0. The molecular formula is C18H11F4N5O3. The molecule has 4 heterocycles. The maximum absolute atomic E-state index is 13.6. The summed E-state index contributed by atoms with van der Waals surface area (Å²) < 4.78 is 64.0. The molecule has 1 aliphatic heterocycles. The molecule has 1 N–H and O–H groups in total. The van der Waals surface area contributed by atoms with Gasteiger partial charge in [-0.25, -0.2) is 32.5 Å². The standard InChI is InChI=1S/C18H11F4N5O3/c19-7-3-10-11(4-8(7)20)30-17(26-10)14-12-9(23-5-24-12)1-2-27(14)18(28)15-13(16(21)22)25-6-29-15/h3-6,14,16H,1-2H2,(H,23,24)/t14-/m0/s1. The maximum atomic E-state index is 13.6. The number of rotatable bonds is 3. The van der Waals surface area contributed by atoms with E-state index in [0.717, 1.165) is 18.5 Å². The number of amides is 1. The van der Waals surface area contributed by atoms with E-state index in [-0.39, 0.29) is 23.5 Å². The van der Waals surface area contributed by atoms with Gasteiger partial charge in [-0.2, -0.15) is 0 Å². The van der Waals surface area contributed by atoms with Gasteiger partial charge in [0.15, 0.2) is 35.3 Å². The van der Waals surface area contributed by atoms with Crippen LogP contribution in [0, 0.1) is 11.6 Å². The van der Waals surface area contributed by atoms with E-state index in [1.165, 1.54) is 11.2 Å². The van der Waals surface area contributed by atoms with Crippen LogP contribution < -0.4 is 0 Å². The molecule has 1 aliphatic rings. The molecule has 1 atom stereocenters. The van der Waals surface area contributed by atoms with Gasteiger partial charge in [0.25, 0.3) is 12.3 Å². The number of hydrogen-bond donors (Lipinski definition) is 1. The Morgan fingerprint density at radius 1 is 1.23 bits per heavy atom. The van der Waals surface area contributed by atoms with Gasteiger partial charge in [-0.3, -0.25) is 4.79 Å². The Labute approximate surface area is 164 Å². The van der Waals surface area contributed by atoms with Crippen LogP contribution >= 0.6 is 0 Å². The van der Waals surface area contributed by atoms with Crippen LogP contribution in [0.5, 0.6) is 0 Å². The lowest BCUT2D eigenvalue weighted by Crippen LogP contribution is -2.41. The van der Waals surface area contributed by atoms with Crippen molar-refractivity contribution in [1.29, 1.82) is 0 Å². The van der Waals surface area contributed by atoms with Crippen LogP contribution in [0.15, 0.2) is 33.7 Å². The van der Waals surface area contributed by atoms with Crippen molar-refractivity contribution >= 4 is 17.0 Å². The van der Waals surface area contributed by atoms with E-state index in [1.54, 1.807) is 0 Å². The number of halogens is 4. The molecule has 0 saturated carbocycles. The van der Waals surface area contributed by atoms with E-state index < -0.39 is 41.5 Å². The van der Waals surface area contributed by atoms with Gasteiger partial charge in [0.1, 0.15) is 5.52 Å². The maximum Gasteiger partial charge on any atom is 0.292 e. The summed E-state index contributed by atoms with van der Waals surface area (Å²) in [5.74, 6) is -3.77. The van der Waals surface area contributed by atoms with Crippen molar-refractivity contribution in [3.05, 3.63) is 65.2 Å². The molecule has 0 spiro atoms. The summed E-state index contributed by atoms with van der Waals surface area (Å²) in [5.41, 5.74) is 0.280. The number of oxazole rings is 2. The fourth-order valence-electron chi connectivity index (χ4n) is 3.50. The number of carbonyl (C=O) groups is 1. The largest absolute Gasteiger partial charge is 0.438 e. The van der Waals surface area contributed by atoms with Crippen LogP contribution in [0.4, 0.5) is 17.6 Å². The molecule has 1 aromatic carbocycles. The SMILES string of the molecule is O=C(c1ocnc1C(F)F)N1CCc2[nH]cnc2[C@H]1c1nc2cc(F)c(F)cc2o1. The van der Waals surface area contributed by atoms with Gasteiger partial charge in [0, 0.05) is 30.8 Å². The van der Waals surface area contributed by atoms with Crippen LogP contribution in [0.2, 0.25) is 0 Å². The zero-order chi connectivity index (χ0) is 21.0. The number of imidazole rings is 1. The Morgan fingerprint density at radius 3 is 2.83 bits per heavy atom. The highest BCUT2D eigenvalue weighted by Gasteiger charge is 2.40. The minimum Gasteiger partial charge on any atom is -0.438 e. The zero-order valence-corrected chi connectivity index (χ0v) is 14.9. The summed E-state index contributed by atoms with van der Waals surface area (Å²) in [4.78, 5) is 29.0. The Balaban J connectivity index is 1.63. The number of hydrogen-bond acceptors (Lipinski definition) is 6. The van der Waals surface area contributed by atoms with Crippen molar-refractivity contribution in [2.45, 2.75) is 18.9 Å². The molecular weight excluding hydrogens is 410 g/mol. The van der Waals surface area contributed by atoms with Crippen molar-refractivity contribution in [3.8, 4) is 0 Å². The first-order chi connectivity index (χ1) is 14.4. The van der Waals surface area contributed by atoms with Crippen molar-refractivity contribution in [1.82, 2.24) is 24.8 Å². The molecule has 0 unspecified atom stereocenters. The average molecular weight is 421 g/mol.